The molecule has 21 heavy (non-hydrogen) atoms. The Morgan fingerprint density at radius 3 is 2.90 bits per heavy atom. The molecule has 7 heteroatoms. The van der Waals surface area contributed by atoms with Crippen LogP contribution in [0.1, 0.15) is 17.0 Å². The summed E-state index contributed by atoms with van der Waals surface area (Å²) in [6, 6.07) is 5.11. The molecule has 0 spiro atoms. The maximum absolute atomic E-state index is 13.1. The average molecular weight is 397 g/mol. The highest BCUT2D eigenvalue weighted by Gasteiger charge is 2.11. The van der Waals surface area contributed by atoms with Gasteiger partial charge in [-0.1, -0.05) is 0 Å². The zero-order chi connectivity index (χ0) is 15.0. The molecule has 3 heterocycles. The summed E-state index contributed by atoms with van der Waals surface area (Å²) in [4.78, 5) is 8.06. The van der Waals surface area contributed by atoms with Crippen molar-refractivity contribution >= 4 is 34.1 Å². The van der Waals surface area contributed by atoms with E-state index in [4.69, 9.17) is 0 Å². The molecule has 0 saturated heterocycles. The maximum Gasteiger partial charge on any atom is 0.213 e. The van der Waals surface area contributed by atoms with E-state index in [0.29, 0.717) is 6.54 Å². The van der Waals surface area contributed by atoms with Crippen molar-refractivity contribution in [2.24, 2.45) is 0 Å². The number of aromatic nitrogens is 4. The number of hydrogen-bond acceptors (Lipinski definition) is 4. The molecular weight excluding hydrogens is 384 g/mol. The van der Waals surface area contributed by atoms with Crippen molar-refractivity contribution in [1.29, 1.82) is 0 Å². The van der Waals surface area contributed by atoms with E-state index in [1.807, 2.05) is 19.9 Å². The van der Waals surface area contributed by atoms with Crippen LogP contribution < -0.4 is 5.32 Å². The predicted molar refractivity (Wildman–Crippen MR) is 86.7 cm³/mol. The number of nitrogens with zero attached hydrogens (tertiary/aromatic N) is 4. The van der Waals surface area contributed by atoms with Gasteiger partial charge in [-0.3, -0.25) is 0 Å². The first kappa shape index (κ1) is 14.2. The number of anilines is 1. The van der Waals surface area contributed by atoms with Gasteiger partial charge in [0.05, 0.1) is 9.26 Å². The van der Waals surface area contributed by atoms with Gasteiger partial charge in [-0.2, -0.15) is 14.0 Å². The highest BCUT2D eigenvalue weighted by atomic mass is 127. The Morgan fingerprint density at radius 2 is 2.14 bits per heavy atom. The Morgan fingerprint density at radius 1 is 1.33 bits per heavy atom. The maximum atomic E-state index is 13.1. The summed E-state index contributed by atoms with van der Waals surface area (Å²) in [6.07, 6.45) is 1.46. The molecule has 0 radical (unpaired) electrons. The smallest absolute Gasteiger partial charge is 0.213 e. The first-order chi connectivity index (χ1) is 10.0. The minimum atomic E-state index is -0.477. The number of halogens is 2. The molecule has 0 amide bonds. The molecule has 0 fully saturated rings. The largest absolute Gasteiger partial charge is 0.366 e. The number of aryl methyl sites for hydroxylation is 2. The lowest BCUT2D eigenvalue weighted by molar-refractivity contribution is 0.581. The predicted octanol–water partition coefficient (Wildman–Crippen LogP) is 3.10. The minimum absolute atomic E-state index is 0.477. The molecule has 0 aliphatic heterocycles. The summed E-state index contributed by atoms with van der Waals surface area (Å²) in [5.74, 6) is 0.357. The Hall–Kier alpha value is -1.77. The number of rotatable bonds is 3. The molecule has 108 valence electrons. The third kappa shape index (κ3) is 2.82. The van der Waals surface area contributed by atoms with Crippen LogP contribution >= 0.6 is 22.6 Å². The molecule has 3 aromatic heterocycles. The fraction of sp³-hybridized carbons (Fsp3) is 0.214. The van der Waals surface area contributed by atoms with Crippen molar-refractivity contribution in [3.8, 4) is 0 Å². The highest BCUT2D eigenvalue weighted by molar-refractivity contribution is 14.1. The third-order valence-corrected chi connectivity index (χ3v) is 4.35. The van der Waals surface area contributed by atoms with Crippen molar-refractivity contribution in [1.82, 2.24) is 19.6 Å². The summed E-state index contributed by atoms with van der Waals surface area (Å²) in [5, 5.41) is 7.76. The molecule has 1 N–H and O–H groups in total. The lowest BCUT2D eigenvalue weighted by Crippen LogP contribution is -2.07. The Bertz CT molecular complexity index is 814. The van der Waals surface area contributed by atoms with Crippen LogP contribution in [0.3, 0.4) is 0 Å². The Labute approximate surface area is 134 Å². The Balaban J connectivity index is 1.95. The molecule has 0 saturated carbocycles. The van der Waals surface area contributed by atoms with Crippen molar-refractivity contribution in [2.75, 3.05) is 5.32 Å². The van der Waals surface area contributed by atoms with Crippen molar-refractivity contribution in [2.45, 2.75) is 20.4 Å². The van der Waals surface area contributed by atoms with Crippen molar-refractivity contribution in [3.05, 3.63) is 50.9 Å². The van der Waals surface area contributed by atoms with Crippen LogP contribution in [0.4, 0.5) is 10.2 Å². The molecule has 0 bridgehead atoms. The summed E-state index contributed by atoms with van der Waals surface area (Å²) >= 11 is 2.24. The molecule has 5 nitrogen and oxygen atoms in total. The fourth-order valence-electron chi connectivity index (χ4n) is 2.09. The van der Waals surface area contributed by atoms with Crippen LogP contribution in [0.25, 0.3) is 5.65 Å². The number of hydrogen-bond donors (Lipinski definition) is 1. The van der Waals surface area contributed by atoms with Gasteiger partial charge in [0.15, 0.2) is 5.65 Å². The van der Waals surface area contributed by atoms with Gasteiger partial charge in [0.25, 0.3) is 0 Å². The fourth-order valence-corrected chi connectivity index (χ4v) is 2.55. The van der Waals surface area contributed by atoms with Crippen LogP contribution in [0.2, 0.25) is 0 Å². The zero-order valence-corrected chi connectivity index (χ0v) is 13.7. The number of fused-ring (bicyclic) bond motifs is 1. The normalized spacial score (nSPS) is 11.0. The first-order valence-corrected chi connectivity index (χ1v) is 7.49. The van der Waals surface area contributed by atoms with Gasteiger partial charge in [0, 0.05) is 24.5 Å². The molecule has 3 aromatic rings. The van der Waals surface area contributed by atoms with Crippen molar-refractivity contribution < 1.29 is 4.39 Å². The number of nitrogens with one attached hydrogen (secondary N) is 1. The van der Waals surface area contributed by atoms with E-state index in [0.717, 1.165) is 32.0 Å². The summed E-state index contributed by atoms with van der Waals surface area (Å²) in [7, 11) is 0. The summed E-state index contributed by atoms with van der Waals surface area (Å²) in [5.41, 5.74) is 3.50. The molecule has 0 aromatic carbocycles. The van der Waals surface area contributed by atoms with Crippen molar-refractivity contribution in [3.63, 3.8) is 0 Å². The molecule has 0 unspecified atom stereocenters. The number of pyridine rings is 1. The van der Waals surface area contributed by atoms with Crippen LogP contribution in [0.15, 0.2) is 24.4 Å². The lowest BCUT2D eigenvalue weighted by Gasteiger charge is -2.09. The molecule has 0 aliphatic carbocycles. The highest BCUT2D eigenvalue weighted by Crippen LogP contribution is 2.20. The second kappa shape index (κ2) is 5.55. The van der Waals surface area contributed by atoms with Gasteiger partial charge in [-0.05, 0) is 54.1 Å². The van der Waals surface area contributed by atoms with E-state index in [1.54, 1.807) is 10.6 Å². The monoisotopic (exact) mass is 397 g/mol. The van der Waals surface area contributed by atoms with Gasteiger partial charge in [0.2, 0.25) is 5.95 Å². The van der Waals surface area contributed by atoms with Gasteiger partial charge in [0.1, 0.15) is 5.82 Å². The molecule has 0 aliphatic rings. The van der Waals surface area contributed by atoms with E-state index < -0.39 is 5.95 Å². The van der Waals surface area contributed by atoms with E-state index >= 15 is 0 Å². The molecule has 0 atom stereocenters. The Kier molecular flexibility index (Phi) is 3.75. The minimum Gasteiger partial charge on any atom is -0.366 e. The van der Waals surface area contributed by atoms with Crippen LogP contribution in [0.5, 0.6) is 0 Å². The van der Waals surface area contributed by atoms with Crippen LogP contribution in [0, 0.1) is 23.4 Å². The second-order valence-corrected chi connectivity index (χ2v) is 5.84. The zero-order valence-electron chi connectivity index (χ0n) is 11.6. The van der Waals surface area contributed by atoms with Crippen LogP contribution in [-0.2, 0) is 6.54 Å². The standard InChI is InChI=1S/C14H13FIN5/c1-8-5-12(18-7-10-3-4-17-11(15)6-10)21-14(19-8)13(16)9(2)20-21/h3-6,18H,7H2,1-2H3. The van der Waals surface area contributed by atoms with Gasteiger partial charge >= 0.3 is 0 Å². The average Bonchev–Trinajstić information content (AvgIpc) is 2.73. The van der Waals surface area contributed by atoms with Gasteiger partial charge < -0.3 is 5.32 Å². The topological polar surface area (TPSA) is 55.1 Å². The molecule has 3 rings (SSSR count). The van der Waals surface area contributed by atoms with E-state index in [-0.39, 0.29) is 0 Å². The molecular formula is C14H13FIN5. The van der Waals surface area contributed by atoms with E-state index in [1.165, 1.54) is 12.3 Å². The van der Waals surface area contributed by atoms with Gasteiger partial charge in [-0.15, -0.1) is 0 Å². The quantitative estimate of drug-likeness (QED) is 0.545. The summed E-state index contributed by atoms with van der Waals surface area (Å²) in [6.45, 7) is 4.39. The third-order valence-electron chi connectivity index (χ3n) is 3.09. The van der Waals surface area contributed by atoms with Crippen LogP contribution in [-0.4, -0.2) is 19.6 Å². The van der Waals surface area contributed by atoms with E-state index in [9.17, 15) is 4.39 Å². The summed E-state index contributed by atoms with van der Waals surface area (Å²) < 4.78 is 15.9. The second-order valence-electron chi connectivity index (χ2n) is 4.76. The first-order valence-electron chi connectivity index (χ1n) is 6.41. The SMILES string of the molecule is Cc1cc(NCc2ccnc(F)c2)n2nc(C)c(I)c2n1. The van der Waals surface area contributed by atoms with Gasteiger partial charge in [-0.25, -0.2) is 9.97 Å². The lowest BCUT2D eigenvalue weighted by atomic mass is 10.2. The van der Waals surface area contributed by atoms with E-state index in [2.05, 4.69) is 43.0 Å².